The molecule has 3 aliphatic heterocycles. The number of nitrogens with one attached hydrogen (secondary N) is 2. The standard InChI is InChI=1S/C26H26N4O6/c1-4-36-24(34)14-6-8-15(9-7-14)30-22(32)19-17(11-18(27)31)29-26(20(19)23(30)33)16-10-5-12(2)13(3)21(16)28-25(26)35/h5-10,17,19-20,29H,4,11H2,1-3H3,(H2,27,31)(H,28,35). The van der Waals surface area contributed by atoms with Crippen molar-refractivity contribution in [3.8, 4) is 0 Å². The molecule has 4 N–H and O–H groups in total. The summed E-state index contributed by atoms with van der Waals surface area (Å²) in [5.74, 6) is -4.78. The van der Waals surface area contributed by atoms with E-state index in [1.54, 1.807) is 13.0 Å². The quantitative estimate of drug-likeness (QED) is 0.422. The summed E-state index contributed by atoms with van der Waals surface area (Å²) in [6.07, 6.45) is -0.217. The molecule has 2 saturated heterocycles. The van der Waals surface area contributed by atoms with E-state index in [0.29, 0.717) is 11.3 Å². The Balaban J connectivity index is 1.60. The minimum atomic E-state index is -1.52. The zero-order valence-corrected chi connectivity index (χ0v) is 20.1. The van der Waals surface area contributed by atoms with Gasteiger partial charge in [-0.2, -0.15) is 0 Å². The molecule has 36 heavy (non-hydrogen) atoms. The molecule has 3 heterocycles. The molecule has 10 heteroatoms. The summed E-state index contributed by atoms with van der Waals surface area (Å²) in [6.45, 7) is 5.70. The van der Waals surface area contributed by atoms with Crippen LogP contribution in [0.25, 0.3) is 0 Å². The molecule has 1 spiro atoms. The van der Waals surface area contributed by atoms with E-state index in [-0.39, 0.29) is 24.3 Å². The molecule has 2 aromatic rings. The van der Waals surface area contributed by atoms with Gasteiger partial charge in [0.15, 0.2) is 0 Å². The molecule has 2 fully saturated rings. The fourth-order valence-electron chi connectivity index (χ4n) is 5.73. The van der Waals surface area contributed by atoms with Crippen molar-refractivity contribution < 1.29 is 28.7 Å². The topological polar surface area (TPSA) is 148 Å². The monoisotopic (exact) mass is 490 g/mol. The van der Waals surface area contributed by atoms with Gasteiger partial charge >= 0.3 is 5.97 Å². The average Bonchev–Trinajstić information content (AvgIpc) is 3.41. The van der Waals surface area contributed by atoms with Crippen LogP contribution in [0.4, 0.5) is 11.4 Å². The van der Waals surface area contributed by atoms with Crippen molar-refractivity contribution in [1.29, 1.82) is 0 Å². The maximum Gasteiger partial charge on any atom is 0.338 e. The van der Waals surface area contributed by atoms with Gasteiger partial charge in [0.05, 0.1) is 29.7 Å². The van der Waals surface area contributed by atoms with Crippen LogP contribution in [0.1, 0.15) is 40.4 Å². The summed E-state index contributed by atoms with van der Waals surface area (Å²) in [7, 11) is 0. The highest BCUT2D eigenvalue weighted by molar-refractivity contribution is 6.26. The lowest BCUT2D eigenvalue weighted by atomic mass is 9.76. The Labute approximate surface area is 207 Å². The number of primary amides is 1. The highest BCUT2D eigenvalue weighted by Crippen LogP contribution is 2.54. The van der Waals surface area contributed by atoms with Gasteiger partial charge in [-0.15, -0.1) is 0 Å². The highest BCUT2D eigenvalue weighted by Gasteiger charge is 2.70. The number of fused-ring (bicyclic) bond motifs is 4. The molecule has 4 unspecified atom stereocenters. The second-order valence-corrected chi connectivity index (χ2v) is 9.40. The SMILES string of the molecule is CCOC(=O)c1ccc(N2C(=O)C3C(CC(N)=O)NC4(C(=O)Nc5c4ccc(C)c5C)C3C2=O)cc1. The molecule has 0 bridgehead atoms. The van der Waals surface area contributed by atoms with Crippen LogP contribution in [-0.4, -0.2) is 42.2 Å². The Morgan fingerprint density at radius 1 is 1.06 bits per heavy atom. The van der Waals surface area contributed by atoms with Crippen molar-refractivity contribution >= 4 is 41.0 Å². The van der Waals surface area contributed by atoms with Crippen LogP contribution in [0.5, 0.6) is 0 Å². The van der Waals surface area contributed by atoms with E-state index in [4.69, 9.17) is 10.5 Å². The lowest BCUT2D eigenvalue weighted by Gasteiger charge is -2.29. The first kappa shape index (κ1) is 23.7. The van der Waals surface area contributed by atoms with Gasteiger partial charge in [0.25, 0.3) is 0 Å². The number of ether oxygens (including phenoxy) is 1. The maximum atomic E-state index is 13.9. The number of esters is 1. The van der Waals surface area contributed by atoms with Crippen molar-refractivity contribution in [2.24, 2.45) is 17.6 Å². The average molecular weight is 491 g/mol. The Kier molecular flexibility index (Phi) is 5.44. The van der Waals surface area contributed by atoms with Crippen LogP contribution < -0.4 is 21.3 Å². The number of rotatable bonds is 5. The van der Waals surface area contributed by atoms with E-state index in [1.807, 2.05) is 19.9 Å². The van der Waals surface area contributed by atoms with E-state index in [9.17, 15) is 24.0 Å². The van der Waals surface area contributed by atoms with Gasteiger partial charge in [-0.3, -0.25) is 24.5 Å². The summed E-state index contributed by atoms with van der Waals surface area (Å²) in [4.78, 5) is 66.1. The van der Waals surface area contributed by atoms with Gasteiger partial charge in [0.1, 0.15) is 5.54 Å². The summed E-state index contributed by atoms with van der Waals surface area (Å²) < 4.78 is 4.99. The number of carbonyl (C=O) groups excluding carboxylic acids is 5. The third kappa shape index (κ3) is 3.17. The van der Waals surface area contributed by atoms with E-state index in [0.717, 1.165) is 16.0 Å². The Morgan fingerprint density at radius 3 is 2.39 bits per heavy atom. The number of nitrogens with zero attached hydrogens (tertiary/aromatic N) is 1. The number of imide groups is 1. The number of anilines is 2. The number of amides is 4. The van der Waals surface area contributed by atoms with E-state index < -0.39 is 53.0 Å². The molecule has 5 rings (SSSR count). The van der Waals surface area contributed by atoms with Gasteiger partial charge in [-0.1, -0.05) is 12.1 Å². The summed E-state index contributed by atoms with van der Waals surface area (Å²) in [5.41, 5.74) is 7.49. The smallest absolute Gasteiger partial charge is 0.338 e. The summed E-state index contributed by atoms with van der Waals surface area (Å²) in [5, 5.41) is 6.08. The molecule has 10 nitrogen and oxygen atoms in total. The van der Waals surface area contributed by atoms with Crippen LogP contribution in [-0.2, 0) is 29.5 Å². The molecule has 186 valence electrons. The second kappa shape index (κ2) is 8.27. The molecular weight excluding hydrogens is 464 g/mol. The largest absolute Gasteiger partial charge is 0.462 e. The Morgan fingerprint density at radius 2 is 1.75 bits per heavy atom. The Bertz CT molecular complexity index is 1340. The van der Waals surface area contributed by atoms with Crippen LogP contribution in [0, 0.1) is 25.7 Å². The predicted molar refractivity (Wildman–Crippen MR) is 129 cm³/mol. The van der Waals surface area contributed by atoms with E-state index >= 15 is 0 Å². The zero-order valence-electron chi connectivity index (χ0n) is 20.1. The van der Waals surface area contributed by atoms with Gasteiger partial charge in [-0.05, 0) is 56.2 Å². The first-order valence-electron chi connectivity index (χ1n) is 11.7. The van der Waals surface area contributed by atoms with Crippen molar-refractivity contribution in [1.82, 2.24) is 5.32 Å². The third-order valence-corrected chi connectivity index (χ3v) is 7.48. The summed E-state index contributed by atoms with van der Waals surface area (Å²) >= 11 is 0. The van der Waals surface area contributed by atoms with Crippen molar-refractivity contribution in [2.45, 2.75) is 38.8 Å². The highest BCUT2D eigenvalue weighted by atomic mass is 16.5. The van der Waals surface area contributed by atoms with E-state index in [1.165, 1.54) is 24.3 Å². The molecule has 0 saturated carbocycles. The molecule has 0 aromatic heterocycles. The van der Waals surface area contributed by atoms with Crippen molar-refractivity contribution in [2.75, 3.05) is 16.8 Å². The molecule has 4 atom stereocenters. The van der Waals surface area contributed by atoms with Crippen LogP contribution in [0.2, 0.25) is 0 Å². The van der Waals surface area contributed by atoms with Crippen LogP contribution in [0.15, 0.2) is 36.4 Å². The maximum absolute atomic E-state index is 13.9. The number of hydrogen-bond acceptors (Lipinski definition) is 7. The molecule has 0 aliphatic carbocycles. The number of nitrogens with two attached hydrogens (primary N) is 1. The first-order valence-corrected chi connectivity index (χ1v) is 11.7. The van der Waals surface area contributed by atoms with Gasteiger partial charge in [0.2, 0.25) is 23.6 Å². The van der Waals surface area contributed by atoms with Crippen molar-refractivity contribution in [3.63, 3.8) is 0 Å². The van der Waals surface area contributed by atoms with E-state index in [2.05, 4.69) is 10.6 Å². The first-order chi connectivity index (χ1) is 17.1. The number of benzene rings is 2. The van der Waals surface area contributed by atoms with Gasteiger partial charge in [-0.25, -0.2) is 9.69 Å². The van der Waals surface area contributed by atoms with Crippen LogP contribution in [0.3, 0.4) is 0 Å². The fourth-order valence-corrected chi connectivity index (χ4v) is 5.73. The van der Waals surface area contributed by atoms with Crippen LogP contribution >= 0.6 is 0 Å². The molecule has 2 aromatic carbocycles. The normalized spacial score (nSPS) is 26.2. The zero-order chi connectivity index (χ0) is 25.9. The molecule has 0 radical (unpaired) electrons. The molecule has 3 aliphatic rings. The number of aryl methyl sites for hydroxylation is 1. The number of hydrogen-bond donors (Lipinski definition) is 3. The minimum Gasteiger partial charge on any atom is -0.462 e. The predicted octanol–water partition coefficient (Wildman–Crippen LogP) is 1.28. The third-order valence-electron chi connectivity index (χ3n) is 7.48. The van der Waals surface area contributed by atoms with Gasteiger partial charge in [0, 0.05) is 23.7 Å². The molecular formula is C26H26N4O6. The molecule has 4 amide bonds. The lowest BCUT2D eigenvalue weighted by Crippen LogP contribution is -2.53. The fraction of sp³-hybridized carbons (Fsp3) is 0.346. The summed E-state index contributed by atoms with van der Waals surface area (Å²) in [6, 6.07) is 8.75. The van der Waals surface area contributed by atoms with Crippen molar-refractivity contribution in [3.05, 3.63) is 58.7 Å². The number of carbonyl (C=O) groups is 5. The van der Waals surface area contributed by atoms with Gasteiger partial charge < -0.3 is 15.8 Å². The lowest BCUT2D eigenvalue weighted by molar-refractivity contribution is -0.130. The minimum absolute atomic E-state index is 0.214. The second-order valence-electron chi connectivity index (χ2n) is 9.40. The Hall–Kier alpha value is -4.05.